The molecule has 1 rings (SSSR count). The molecule has 0 aliphatic rings. The summed E-state index contributed by atoms with van der Waals surface area (Å²) in [7, 11) is 0. The van der Waals surface area contributed by atoms with Gasteiger partial charge in [-0.05, 0) is 30.0 Å². The Hall–Kier alpha value is -1.18. The largest absolute Gasteiger partial charge is 0.505 e. The average molecular weight is 165 g/mol. The second-order valence-electron chi connectivity index (χ2n) is 2.85. The molecule has 0 bridgehead atoms. The van der Waals surface area contributed by atoms with Crippen LogP contribution in [0.1, 0.15) is 25.0 Å². The lowest BCUT2D eigenvalue weighted by Crippen LogP contribution is -1.95. The Kier molecular flexibility index (Phi) is 2.58. The number of benzene rings is 1. The molecule has 0 unspecified atom stereocenters. The number of hydrogen-bond acceptors (Lipinski definition) is 2. The minimum absolute atomic E-state index is 0.261. The molecule has 1 aromatic carbocycles. The summed E-state index contributed by atoms with van der Waals surface area (Å²) in [6.07, 6.45) is 1.77. The van der Waals surface area contributed by atoms with Gasteiger partial charge in [-0.15, -0.1) is 0 Å². The van der Waals surface area contributed by atoms with Gasteiger partial charge in [-0.3, -0.25) is 0 Å². The Morgan fingerprint density at radius 1 is 1.25 bits per heavy atom. The maximum atomic E-state index is 9.58. The number of nitrogen functional groups attached to an aromatic ring is 1. The Morgan fingerprint density at radius 3 is 2.42 bits per heavy atom. The van der Waals surface area contributed by atoms with E-state index in [0.29, 0.717) is 5.69 Å². The molecule has 0 saturated heterocycles. The molecule has 2 nitrogen and oxygen atoms in total. The van der Waals surface area contributed by atoms with Gasteiger partial charge in [0, 0.05) is 0 Å². The minimum Gasteiger partial charge on any atom is -0.505 e. The lowest BCUT2D eigenvalue weighted by atomic mass is 10.0. The van der Waals surface area contributed by atoms with Crippen LogP contribution in [0, 0.1) is 0 Å². The van der Waals surface area contributed by atoms with E-state index in [0.717, 1.165) is 18.4 Å². The van der Waals surface area contributed by atoms with Crippen molar-refractivity contribution in [1.82, 2.24) is 0 Å². The topological polar surface area (TPSA) is 46.2 Å². The van der Waals surface area contributed by atoms with Gasteiger partial charge in [0.15, 0.2) is 0 Å². The van der Waals surface area contributed by atoms with Gasteiger partial charge in [-0.2, -0.15) is 0 Å². The first-order chi connectivity index (χ1) is 5.70. The van der Waals surface area contributed by atoms with Gasteiger partial charge in [-0.25, -0.2) is 0 Å². The van der Waals surface area contributed by atoms with E-state index >= 15 is 0 Å². The van der Waals surface area contributed by atoms with Crippen molar-refractivity contribution in [1.29, 1.82) is 0 Å². The van der Waals surface area contributed by atoms with Gasteiger partial charge in [0.25, 0.3) is 0 Å². The Balaban J connectivity index is 3.25. The smallest absolute Gasteiger partial charge is 0.141 e. The predicted molar refractivity (Wildman–Crippen MR) is 51.3 cm³/mol. The maximum absolute atomic E-state index is 9.58. The van der Waals surface area contributed by atoms with E-state index in [2.05, 4.69) is 6.92 Å². The molecule has 1 aromatic rings. The summed E-state index contributed by atoms with van der Waals surface area (Å²) < 4.78 is 0. The molecular weight excluding hydrogens is 150 g/mol. The van der Waals surface area contributed by atoms with Crippen LogP contribution in [0.2, 0.25) is 0 Å². The number of phenolic OH excluding ortho intramolecular Hbond substituents is 1. The number of aryl methyl sites for hydroxylation is 1. The van der Waals surface area contributed by atoms with Crippen molar-refractivity contribution in [2.75, 3.05) is 5.73 Å². The molecule has 12 heavy (non-hydrogen) atoms. The summed E-state index contributed by atoms with van der Waals surface area (Å²) in [5.41, 5.74) is 8.21. The Labute approximate surface area is 73.0 Å². The third-order valence-corrected chi connectivity index (χ3v) is 2.15. The first kappa shape index (κ1) is 8.91. The lowest BCUT2D eigenvalue weighted by molar-refractivity contribution is 0.470. The standard InChI is InChI=1S/C10H15NO/c1-3-7-5-6-9(11)10(12)8(7)4-2/h5-6,12H,3-4,11H2,1-2H3. The maximum Gasteiger partial charge on any atom is 0.141 e. The highest BCUT2D eigenvalue weighted by molar-refractivity contribution is 5.58. The van der Waals surface area contributed by atoms with Crippen LogP contribution in [-0.2, 0) is 12.8 Å². The molecule has 0 aliphatic heterocycles. The summed E-state index contributed by atoms with van der Waals surface area (Å²) in [6.45, 7) is 4.10. The highest BCUT2D eigenvalue weighted by atomic mass is 16.3. The van der Waals surface area contributed by atoms with Crippen LogP contribution >= 0.6 is 0 Å². The third-order valence-electron chi connectivity index (χ3n) is 2.15. The molecule has 0 aromatic heterocycles. The zero-order chi connectivity index (χ0) is 9.14. The molecule has 0 heterocycles. The summed E-state index contributed by atoms with van der Waals surface area (Å²) in [5.74, 6) is 0.261. The third kappa shape index (κ3) is 1.37. The molecule has 0 aliphatic carbocycles. The van der Waals surface area contributed by atoms with Crippen LogP contribution in [-0.4, -0.2) is 5.11 Å². The fraction of sp³-hybridized carbons (Fsp3) is 0.400. The number of phenols is 1. The number of rotatable bonds is 2. The van der Waals surface area contributed by atoms with E-state index in [1.807, 2.05) is 13.0 Å². The monoisotopic (exact) mass is 165 g/mol. The van der Waals surface area contributed by atoms with Crippen molar-refractivity contribution in [2.24, 2.45) is 0 Å². The number of anilines is 1. The van der Waals surface area contributed by atoms with Crippen molar-refractivity contribution in [3.63, 3.8) is 0 Å². The SMILES string of the molecule is CCc1ccc(N)c(O)c1CC. The summed E-state index contributed by atoms with van der Waals surface area (Å²) in [4.78, 5) is 0. The van der Waals surface area contributed by atoms with E-state index in [9.17, 15) is 5.11 Å². The number of aromatic hydroxyl groups is 1. The van der Waals surface area contributed by atoms with Crippen molar-refractivity contribution < 1.29 is 5.11 Å². The Morgan fingerprint density at radius 2 is 1.92 bits per heavy atom. The fourth-order valence-corrected chi connectivity index (χ4v) is 1.42. The van der Waals surface area contributed by atoms with Gasteiger partial charge in [0.1, 0.15) is 5.75 Å². The van der Waals surface area contributed by atoms with Gasteiger partial charge in [-0.1, -0.05) is 19.9 Å². The van der Waals surface area contributed by atoms with Crippen molar-refractivity contribution in [3.05, 3.63) is 23.3 Å². The average Bonchev–Trinajstić information content (AvgIpc) is 2.09. The highest BCUT2D eigenvalue weighted by Gasteiger charge is 2.06. The lowest BCUT2D eigenvalue weighted by Gasteiger charge is -2.09. The molecule has 0 atom stereocenters. The van der Waals surface area contributed by atoms with Crippen LogP contribution in [0.15, 0.2) is 12.1 Å². The minimum atomic E-state index is 0.261. The molecule has 0 saturated carbocycles. The Bertz CT molecular complexity index is 281. The quantitative estimate of drug-likeness (QED) is 0.520. The number of nitrogens with two attached hydrogens (primary N) is 1. The van der Waals surface area contributed by atoms with E-state index < -0.39 is 0 Å². The van der Waals surface area contributed by atoms with Gasteiger partial charge < -0.3 is 10.8 Å². The van der Waals surface area contributed by atoms with Gasteiger partial charge in [0.05, 0.1) is 5.69 Å². The summed E-state index contributed by atoms with van der Waals surface area (Å²) >= 11 is 0. The van der Waals surface area contributed by atoms with Gasteiger partial charge in [0.2, 0.25) is 0 Å². The van der Waals surface area contributed by atoms with Crippen LogP contribution in [0.25, 0.3) is 0 Å². The van der Waals surface area contributed by atoms with Crippen LogP contribution in [0.3, 0.4) is 0 Å². The van der Waals surface area contributed by atoms with Crippen LogP contribution in [0.4, 0.5) is 5.69 Å². The van der Waals surface area contributed by atoms with Crippen molar-refractivity contribution in [3.8, 4) is 5.75 Å². The first-order valence-corrected chi connectivity index (χ1v) is 4.29. The molecular formula is C10H15NO. The molecule has 0 spiro atoms. The fourth-order valence-electron chi connectivity index (χ4n) is 1.42. The molecule has 3 N–H and O–H groups in total. The normalized spacial score (nSPS) is 10.2. The van der Waals surface area contributed by atoms with Crippen LogP contribution < -0.4 is 5.73 Å². The summed E-state index contributed by atoms with van der Waals surface area (Å²) in [5, 5.41) is 9.58. The second-order valence-corrected chi connectivity index (χ2v) is 2.85. The molecule has 2 heteroatoms. The second kappa shape index (κ2) is 3.48. The highest BCUT2D eigenvalue weighted by Crippen LogP contribution is 2.28. The zero-order valence-electron chi connectivity index (χ0n) is 7.59. The zero-order valence-corrected chi connectivity index (χ0v) is 7.59. The van der Waals surface area contributed by atoms with Gasteiger partial charge >= 0.3 is 0 Å². The van der Waals surface area contributed by atoms with E-state index in [-0.39, 0.29) is 5.75 Å². The molecule has 66 valence electrons. The van der Waals surface area contributed by atoms with E-state index in [1.54, 1.807) is 6.07 Å². The first-order valence-electron chi connectivity index (χ1n) is 4.29. The predicted octanol–water partition coefficient (Wildman–Crippen LogP) is 2.10. The van der Waals surface area contributed by atoms with E-state index in [4.69, 9.17) is 5.73 Å². The molecule has 0 amide bonds. The number of hydrogen-bond donors (Lipinski definition) is 2. The van der Waals surface area contributed by atoms with E-state index in [1.165, 1.54) is 5.56 Å². The molecule has 0 radical (unpaired) electrons. The molecule has 0 fully saturated rings. The van der Waals surface area contributed by atoms with Crippen LogP contribution in [0.5, 0.6) is 5.75 Å². The van der Waals surface area contributed by atoms with Crippen molar-refractivity contribution in [2.45, 2.75) is 26.7 Å². The van der Waals surface area contributed by atoms with Crippen molar-refractivity contribution >= 4 is 5.69 Å². The summed E-state index contributed by atoms with van der Waals surface area (Å²) in [6, 6.07) is 3.74.